The second kappa shape index (κ2) is 6.14. The van der Waals surface area contributed by atoms with Crippen LogP contribution >= 0.6 is 11.8 Å². The number of hydrogen-bond acceptors (Lipinski definition) is 3. The molecule has 1 atom stereocenters. The van der Waals surface area contributed by atoms with Crippen LogP contribution in [0.2, 0.25) is 0 Å². The summed E-state index contributed by atoms with van der Waals surface area (Å²) in [6.45, 7) is 2.34. The zero-order valence-electron chi connectivity index (χ0n) is 10.3. The molecule has 1 aliphatic rings. The summed E-state index contributed by atoms with van der Waals surface area (Å²) in [6.07, 6.45) is 5.87. The van der Waals surface area contributed by atoms with Crippen LogP contribution in [0, 0.1) is 0 Å². The maximum Gasteiger partial charge on any atom is 0.326 e. The molecule has 3 N–H and O–H groups in total. The van der Waals surface area contributed by atoms with Gasteiger partial charge in [-0.05, 0) is 25.5 Å². The average Bonchev–Trinajstić information content (AvgIpc) is 2.24. The number of amides is 2. The van der Waals surface area contributed by atoms with Crippen LogP contribution in [0.15, 0.2) is 0 Å². The van der Waals surface area contributed by atoms with Crippen molar-refractivity contribution in [2.75, 3.05) is 12.8 Å². The number of rotatable bonds is 6. The van der Waals surface area contributed by atoms with Gasteiger partial charge in [0.05, 0.1) is 0 Å². The minimum absolute atomic E-state index is 0.169. The number of carboxylic acid groups (broad SMARTS) is 1. The molecule has 0 unspecified atom stereocenters. The normalized spacial score (nSPS) is 18.9. The zero-order chi connectivity index (χ0) is 12.9. The molecule has 0 saturated heterocycles. The summed E-state index contributed by atoms with van der Waals surface area (Å²) < 4.78 is 0.169. The van der Waals surface area contributed by atoms with Gasteiger partial charge in [0.2, 0.25) is 0 Å². The average molecular weight is 260 g/mol. The topological polar surface area (TPSA) is 78.4 Å². The van der Waals surface area contributed by atoms with E-state index in [0.29, 0.717) is 13.0 Å². The molecule has 17 heavy (non-hydrogen) atoms. The smallest absolute Gasteiger partial charge is 0.326 e. The van der Waals surface area contributed by atoms with E-state index >= 15 is 0 Å². The van der Waals surface area contributed by atoms with Crippen LogP contribution in [0.1, 0.15) is 32.6 Å². The predicted octanol–water partition coefficient (Wildman–Crippen LogP) is 1.43. The molecule has 1 fully saturated rings. The Balaban J connectivity index is 2.32. The molecule has 0 aromatic rings. The summed E-state index contributed by atoms with van der Waals surface area (Å²) in [4.78, 5) is 22.3. The molecular weight excluding hydrogens is 240 g/mol. The van der Waals surface area contributed by atoms with Gasteiger partial charge in [0.15, 0.2) is 0 Å². The Bertz CT molecular complexity index is 287. The molecule has 1 rings (SSSR count). The van der Waals surface area contributed by atoms with Gasteiger partial charge in [0, 0.05) is 11.3 Å². The number of carboxylic acids is 1. The third-order valence-corrected chi connectivity index (χ3v) is 4.70. The van der Waals surface area contributed by atoms with Crippen molar-refractivity contribution in [3.63, 3.8) is 0 Å². The molecule has 0 aromatic carbocycles. The van der Waals surface area contributed by atoms with E-state index in [1.807, 2.05) is 6.26 Å². The van der Waals surface area contributed by atoms with Crippen molar-refractivity contribution in [1.29, 1.82) is 0 Å². The highest BCUT2D eigenvalue weighted by Crippen LogP contribution is 2.42. The molecule has 1 aliphatic carbocycles. The molecular formula is C11H20N2O3S. The third kappa shape index (κ3) is 3.80. The van der Waals surface area contributed by atoms with Gasteiger partial charge in [0.25, 0.3) is 0 Å². The number of urea groups is 1. The lowest BCUT2D eigenvalue weighted by atomic mass is 9.84. The van der Waals surface area contributed by atoms with E-state index in [0.717, 1.165) is 12.8 Å². The van der Waals surface area contributed by atoms with Crippen LogP contribution in [0.4, 0.5) is 4.79 Å². The Morgan fingerprint density at radius 2 is 2.12 bits per heavy atom. The molecule has 98 valence electrons. The van der Waals surface area contributed by atoms with Crippen LogP contribution < -0.4 is 10.6 Å². The fraction of sp³-hybridized carbons (Fsp3) is 0.818. The molecule has 0 aromatic heterocycles. The van der Waals surface area contributed by atoms with E-state index in [9.17, 15) is 9.59 Å². The molecule has 0 spiro atoms. The molecule has 5 nitrogen and oxygen atoms in total. The predicted molar refractivity (Wildman–Crippen MR) is 68.3 cm³/mol. The van der Waals surface area contributed by atoms with Gasteiger partial charge in [-0.1, -0.05) is 13.3 Å². The van der Waals surface area contributed by atoms with Crippen molar-refractivity contribution in [2.45, 2.75) is 43.4 Å². The molecule has 0 heterocycles. The molecule has 6 heteroatoms. The SMILES string of the molecule is CC[C@@H](NC(=O)NCC1(SC)CCC1)C(=O)O. The number of nitrogens with one attached hydrogen (secondary N) is 2. The van der Waals surface area contributed by atoms with Crippen molar-refractivity contribution in [1.82, 2.24) is 10.6 Å². The first-order chi connectivity index (χ1) is 8.03. The highest BCUT2D eigenvalue weighted by atomic mass is 32.2. The van der Waals surface area contributed by atoms with Crippen molar-refractivity contribution < 1.29 is 14.7 Å². The highest BCUT2D eigenvalue weighted by molar-refractivity contribution is 8.00. The Kier molecular flexibility index (Phi) is 5.11. The first-order valence-electron chi connectivity index (χ1n) is 5.85. The molecule has 0 aliphatic heterocycles. The van der Waals surface area contributed by atoms with Crippen molar-refractivity contribution in [3.8, 4) is 0 Å². The van der Waals surface area contributed by atoms with Gasteiger partial charge in [-0.3, -0.25) is 0 Å². The van der Waals surface area contributed by atoms with Crippen molar-refractivity contribution in [2.24, 2.45) is 0 Å². The van der Waals surface area contributed by atoms with Gasteiger partial charge in [0.1, 0.15) is 6.04 Å². The lowest BCUT2D eigenvalue weighted by Crippen LogP contribution is -2.51. The fourth-order valence-electron chi connectivity index (χ4n) is 1.81. The van der Waals surface area contributed by atoms with Crippen LogP contribution in [-0.4, -0.2) is 40.7 Å². The van der Waals surface area contributed by atoms with Crippen LogP contribution in [0.5, 0.6) is 0 Å². The summed E-state index contributed by atoms with van der Waals surface area (Å²) in [5.74, 6) is -0.995. The number of aliphatic carboxylic acids is 1. The molecule has 0 bridgehead atoms. The second-order valence-corrected chi connectivity index (χ2v) is 5.64. The summed E-state index contributed by atoms with van der Waals surface area (Å²) in [6, 6.07) is -1.19. The fourth-order valence-corrected chi connectivity index (χ4v) is 2.73. The summed E-state index contributed by atoms with van der Waals surface area (Å²) in [5.41, 5.74) is 0. The van der Waals surface area contributed by atoms with Gasteiger partial charge in [-0.2, -0.15) is 11.8 Å². The van der Waals surface area contributed by atoms with E-state index in [4.69, 9.17) is 5.11 Å². The second-order valence-electron chi connectivity index (χ2n) is 4.37. The van der Waals surface area contributed by atoms with E-state index in [-0.39, 0.29) is 10.8 Å². The number of thioether (sulfide) groups is 1. The van der Waals surface area contributed by atoms with Gasteiger partial charge >= 0.3 is 12.0 Å². The maximum atomic E-state index is 11.5. The molecule has 0 radical (unpaired) electrons. The first-order valence-corrected chi connectivity index (χ1v) is 7.08. The zero-order valence-corrected chi connectivity index (χ0v) is 11.1. The van der Waals surface area contributed by atoms with E-state index < -0.39 is 12.0 Å². The van der Waals surface area contributed by atoms with Crippen molar-refractivity contribution in [3.05, 3.63) is 0 Å². The van der Waals surface area contributed by atoms with E-state index in [1.165, 1.54) is 6.42 Å². The summed E-state index contributed by atoms with van der Waals surface area (Å²) in [7, 11) is 0. The monoisotopic (exact) mass is 260 g/mol. The molecule has 1 saturated carbocycles. The first kappa shape index (κ1) is 14.2. The lowest BCUT2D eigenvalue weighted by molar-refractivity contribution is -0.139. The summed E-state index contributed by atoms with van der Waals surface area (Å²) >= 11 is 1.77. The van der Waals surface area contributed by atoms with Gasteiger partial charge in [-0.25, -0.2) is 9.59 Å². The maximum absolute atomic E-state index is 11.5. The molecule has 2 amide bonds. The number of carbonyl (C=O) groups excluding carboxylic acids is 1. The summed E-state index contributed by atoms with van der Waals surface area (Å²) in [5, 5.41) is 14.0. The highest BCUT2D eigenvalue weighted by Gasteiger charge is 2.36. The van der Waals surface area contributed by atoms with Crippen LogP contribution in [0.25, 0.3) is 0 Å². The van der Waals surface area contributed by atoms with E-state index in [1.54, 1.807) is 18.7 Å². The van der Waals surface area contributed by atoms with Crippen molar-refractivity contribution >= 4 is 23.8 Å². The van der Waals surface area contributed by atoms with Gasteiger partial charge in [-0.15, -0.1) is 0 Å². The van der Waals surface area contributed by atoms with Crippen LogP contribution in [-0.2, 0) is 4.79 Å². The Morgan fingerprint density at radius 1 is 1.47 bits per heavy atom. The van der Waals surface area contributed by atoms with Crippen LogP contribution in [0.3, 0.4) is 0 Å². The Labute approximate surface area is 106 Å². The van der Waals surface area contributed by atoms with Gasteiger partial charge < -0.3 is 15.7 Å². The minimum Gasteiger partial charge on any atom is -0.480 e. The Morgan fingerprint density at radius 3 is 2.47 bits per heavy atom. The lowest BCUT2D eigenvalue weighted by Gasteiger charge is -2.40. The minimum atomic E-state index is -0.995. The third-order valence-electron chi connectivity index (χ3n) is 3.28. The number of carbonyl (C=O) groups is 2. The quantitative estimate of drug-likeness (QED) is 0.675. The number of hydrogen-bond donors (Lipinski definition) is 3. The van der Waals surface area contributed by atoms with E-state index in [2.05, 4.69) is 10.6 Å². The standard InChI is InChI=1S/C11H20N2O3S/c1-3-8(9(14)15)13-10(16)12-7-11(17-2)5-4-6-11/h8H,3-7H2,1-2H3,(H,14,15)(H2,12,13,16)/t8-/m1/s1. The largest absolute Gasteiger partial charge is 0.480 e. The Hall–Kier alpha value is -0.910.